The molecule has 1 fully saturated rings. The van der Waals surface area contributed by atoms with Gasteiger partial charge in [0.25, 0.3) is 5.91 Å². The highest BCUT2D eigenvalue weighted by Gasteiger charge is 2.24. The molecule has 1 aliphatic rings. The molecule has 1 atom stereocenters. The van der Waals surface area contributed by atoms with E-state index in [1.54, 1.807) is 10.9 Å². The number of thiazole rings is 1. The topological polar surface area (TPSA) is 68.0 Å². The number of hydrogen-bond donors (Lipinski definition) is 2. The zero-order valence-electron chi connectivity index (χ0n) is 9.89. The number of rotatable bonds is 4. The molecule has 0 bridgehead atoms. The fourth-order valence-electron chi connectivity index (χ4n) is 2.47. The van der Waals surface area contributed by atoms with Crippen LogP contribution in [0.2, 0.25) is 0 Å². The number of carbonyl (C=O) groups is 1. The summed E-state index contributed by atoms with van der Waals surface area (Å²) in [5, 5.41) is 4.79. The number of carbonyl (C=O) groups excluding carboxylic acids is 1. The lowest BCUT2D eigenvalue weighted by molar-refractivity contribution is 0.0911. The van der Waals surface area contributed by atoms with Crippen LogP contribution in [-0.4, -0.2) is 23.5 Å². The van der Waals surface area contributed by atoms with Crippen LogP contribution in [0.25, 0.3) is 0 Å². The highest BCUT2D eigenvalue weighted by atomic mass is 32.1. The van der Waals surface area contributed by atoms with E-state index in [0.29, 0.717) is 18.2 Å². The molecule has 2 rings (SSSR count). The summed E-state index contributed by atoms with van der Waals surface area (Å²) in [6, 6.07) is 0.101. The van der Waals surface area contributed by atoms with E-state index in [4.69, 9.17) is 5.73 Å². The Labute approximate surface area is 106 Å². The Balaban J connectivity index is 1.92. The third kappa shape index (κ3) is 3.26. The maximum absolute atomic E-state index is 11.9. The summed E-state index contributed by atoms with van der Waals surface area (Å²) in [7, 11) is 0. The first kappa shape index (κ1) is 12.5. The first-order chi connectivity index (χ1) is 8.31. The number of nitrogens with two attached hydrogens (primary N) is 1. The Morgan fingerprint density at radius 1 is 1.53 bits per heavy atom. The van der Waals surface area contributed by atoms with Crippen molar-refractivity contribution >= 4 is 17.2 Å². The second-order valence-electron chi connectivity index (χ2n) is 4.59. The average molecular weight is 253 g/mol. The van der Waals surface area contributed by atoms with Crippen molar-refractivity contribution in [2.75, 3.05) is 6.54 Å². The van der Waals surface area contributed by atoms with Crippen molar-refractivity contribution in [2.24, 2.45) is 11.7 Å². The summed E-state index contributed by atoms with van der Waals surface area (Å²) in [6.45, 7) is 0.514. The van der Waals surface area contributed by atoms with Crippen molar-refractivity contribution in [3.8, 4) is 0 Å². The molecule has 1 aromatic heterocycles. The normalized spacial score (nSPS) is 18.9. The molecule has 17 heavy (non-hydrogen) atoms. The highest BCUT2D eigenvalue weighted by Crippen LogP contribution is 2.26. The molecule has 0 saturated heterocycles. The van der Waals surface area contributed by atoms with Crippen molar-refractivity contribution in [3.63, 3.8) is 0 Å². The van der Waals surface area contributed by atoms with E-state index >= 15 is 0 Å². The van der Waals surface area contributed by atoms with Gasteiger partial charge in [-0.05, 0) is 18.8 Å². The Morgan fingerprint density at radius 2 is 2.29 bits per heavy atom. The van der Waals surface area contributed by atoms with E-state index in [9.17, 15) is 4.79 Å². The summed E-state index contributed by atoms with van der Waals surface area (Å²) in [6.07, 6.45) is 6.19. The van der Waals surface area contributed by atoms with Gasteiger partial charge in [-0.15, -0.1) is 11.3 Å². The third-order valence-corrected chi connectivity index (χ3v) is 4.04. The Kier molecular flexibility index (Phi) is 4.50. The van der Waals surface area contributed by atoms with E-state index in [1.807, 2.05) is 0 Å². The SMILES string of the molecule is NCC(NC(=O)c1cscn1)C1CCCCC1. The molecule has 0 aromatic carbocycles. The minimum Gasteiger partial charge on any atom is -0.346 e. The minimum absolute atomic E-state index is 0.0905. The molecule has 1 amide bonds. The van der Waals surface area contributed by atoms with Gasteiger partial charge < -0.3 is 11.1 Å². The van der Waals surface area contributed by atoms with Crippen molar-refractivity contribution < 1.29 is 4.79 Å². The first-order valence-corrected chi connectivity index (χ1v) is 7.14. The number of nitrogens with one attached hydrogen (secondary N) is 1. The quantitative estimate of drug-likeness (QED) is 0.859. The largest absolute Gasteiger partial charge is 0.346 e. The molecule has 3 N–H and O–H groups in total. The maximum Gasteiger partial charge on any atom is 0.271 e. The number of amides is 1. The van der Waals surface area contributed by atoms with Gasteiger partial charge in [-0.2, -0.15) is 0 Å². The number of nitrogens with zero attached hydrogens (tertiary/aromatic N) is 1. The fourth-order valence-corrected chi connectivity index (χ4v) is 3.00. The molecule has 1 unspecified atom stereocenters. The average Bonchev–Trinajstić information content (AvgIpc) is 2.90. The van der Waals surface area contributed by atoms with Crippen LogP contribution in [0, 0.1) is 5.92 Å². The van der Waals surface area contributed by atoms with Crippen molar-refractivity contribution in [2.45, 2.75) is 38.1 Å². The first-order valence-electron chi connectivity index (χ1n) is 6.20. The lowest BCUT2D eigenvalue weighted by Gasteiger charge is -2.29. The van der Waals surface area contributed by atoms with Gasteiger partial charge in [0.2, 0.25) is 0 Å². The van der Waals surface area contributed by atoms with E-state index in [1.165, 1.54) is 43.4 Å². The van der Waals surface area contributed by atoms with Crippen LogP contribution in [0.15, 0.2) is 10.9 Å². The summed E-state index contributed by atoms with van der Waals surface area (Å²) in [4.78, 5) is 15.9. The molecule has 1 saturated carbocycles. The van der Waals surface area contributed by atoms with Crippen molar-refractivity contribution in [1.29, 1.82) is 0 Å². The van der Waals surface area contributed by atoms with Gasteiger partial charge in [-0.25, -0.2) is 4.98 Å². The molecule has 1 aliphatic carbocycles. The number of aromatic nitrogens is 1. The molecular weight excluding hydrogens is 234 g/mol. The second-order valence-corrected chi connectivity index (χ2v) is 5.31. The van der Waals surface area contributed by atoms with E-state index in [-0.39, 0.29) is 11.9 Å². The number of hydrogen-bond acceptors (Lipinski definition) is 4. The van der Waals surface area contributed by atoms with Gasteiger partial charge in [0.1, 0.15) is 5.69 Å². The van der Waals surface area contributed by atoms with Crippen LogP contribution in [0.4, 0.5) is 0 Å². The van der Waals surface area contributed by atoms with Gasteiger partial charge in [0, 0.05) is 18.0 Å². The summed E-state index contributed by atoms with van der Waals surface area (Å²) in [5.41, 5.74) is 7.95. The molecule has 0 radical (unpaired) electrons. The fraction of sp³-hybridized carbons (Fsp3) is 0.667. The second kappa shape index (κ2) is 6.12. The minimum atomic E-state index is -0.0905. The zero-order valence-corrected chi connectivity index (χ0v) is 10.7. The van der Waals surface area contributed by atoms with Crippen LogP contribution >= 0.6 is 11.3 Å². The lowest BCUT2D eigenvalue weighted by Crippen LogP contribution is -2.46. The predicted octanol–water partition coefficient (Wildman–Crippen LogP) is 1.78. The maximum atomic E-state index is 11.9. The zero-order chi connectivity index (χ0) is 12.1. The molecule has 1 heterocycles. The molecular formula is C12H19N3OS. The van der Waals surface area contributed by atoms with Crippen LogP contribution < -0.4 is 11.1 Å². The summed E-state index contributed by atoms with van der Waals surface area (Å²) >= 11 is 1.43. The van der Waals surface area contributed by atoms with Gasteiger partial charge in [-0.1, -0.05) is 19.3 Å². The van der Waals surface area contributed by atoms with Gasteiger partial charge in [-0.3, -0.25) is 4.79 Å². The molecule has 0 aliphatic heterocycles. The standard InChI is InChI=1S/C12H19N3OS/c13-6-10(9-4-2-1-3-5-9)15-12(16)11-7-17-8-14-11/h7-10H,1-6,13H2,(H,15,16). The Morgan fingerprint density at radius 3 is 2.88 bits per heavy atom. The molecule has 1 aromatic rings. The van der Waals surface area contributed by atoms with Crippen LogP contribution in [-0.2, 0) is 0 Å². The Bertz CT molecular complexity index is 347. The molecule has 0 spiro atoms. The highest BCUT2D eigenvalue weighted by molar-refractivity contribution is 7.07. The monoisotopic (exact) mass is 253 g/mol. The molecule has 5 heteroatoms. The lowest BCUT2D eigenvalue weighted by atomic mass is 9.84. The van der Waals surface area contributed by atoms with Crippen molar-refractivity contribution in [1.82, 2.24) is 10.3 Å². The Hall–Kier alpha value is -0.940. The van der Waals surface area contributed by atoms with Gasteiger partial charge in [0.05, 0.1) is 5.51 Å². The van der Waals surface area contributed by atoms with Crippen molar-refractivity contribution in [3.05, 3.63) is 16.6 Å². The smallest absolute Gasteiger partial charge is 0.271 e. The van der Waals surface area contributed by atoms with Crippen LogP contribution in [0.1, 0.15) is 42.6 Å². The van der Waals surface area contributed by atoms with Gasteiger partial charge in [0.15, 0.2) is 0 Å². The van der Waals surface area contributed by atoms with Crippen LogP contribution in [0.5, 0.6) is 0 Å². The molecule has 4 nitrogen and oxygen atoms in total. The summed E-state index contributed by atoms with van der Waals surface area (Å²) in [5.74, 6) is 0.448. The summed E-state index contributed by atoms with van der Waals surface area (Å²) < 4.78 is 0. The van der Waals surface area contributed by atoms with E-state index in [2.05, 4.69) is 10.3 Å². The molecule has 94 valence electrons. The van der Waals surface area contributed by atoms with E-state index in [0.717, 1.165) is 0 Å². The van der Waals surface area contributed by atoms with Crippen LogP contribution in [0.3, 0.4) is 0 Å². The predicted molar refractivity (Wildman–Crippen MR) is 69.0 cm³/mol. The van der Waals surface area contributed by atoms with E-state index < -0.39 is 0 Å². The van der Waals surface area contributed by atoms with Gasteiger partial charge >= 0.3 is 0 Å². The third-order valence-electron chi connectivity index (χ3n) is 3.45.